The van der Waals surface area contributed by atoms with Gasteiger partial charge < -0.3 is 15.2 Å². The number of ether oxygens (including phenoxy) is 1. The van der Waals surface area contributed by atoms with Crippen LogP contribution in [0.3, 0.4) is 0 Å². The molecule has 0 aliphatic carbocycles. The van der Waals surface area contributed by atoms with Crippen LogP contribution < -0.4 is 5.32 Å². The zero-order chi connectivity index (χ0) is 11.1. The molecule has 84 valence electrons. The van der Waals surface area contributed by atoms with Gasteiger partial charge in [-0.25, -0.2) is 9.97 Å². The van der Waals surface area contributed by atoms with Gasteiger partial charge in [-0.2, -0.15) is 0 Å². The molecule has 0 bridgehead atoms. The summed E-state index contributed by atoms with van der Waals surface area (Å²) in [6, 6.07) is 0. The van der Waals surface area contributed by atoms with Crippen LogP contribution in [-0.4, -0.2) is 41.9 Å². The Bertz CT molecular complexity index is 277. The molecule has 2 N–H and O–H groups in total. The summed E-state index contributed by atoms with van der Waals surface area (Å²) in [6.45, 7) is 3.51. The van der Waals surface area contributed by atoms with E-state index in [2.05, 4.69) is 15.3 Å². The van der Waals surface area contributed by atoms with Crippen LogP contribution in [0.25, 0.3) is 0 Å². The minimum Gasteiger partial charge on any atom is -0.384 e. The molecule has 0 saturated carbocycles. The third-order valence-corrected chi connectivity index (χ3v) is 2.13. The molecule has 0 aliphatic rings. The Kier molecular flexibility index (Phi) is 4.61. The molecule has 0 aliphatic heterocycles. The van der Waals surface area contributed by atoms with Crippen molar-refractivity contribution in [1.29, 1.82) is 0 Å². The van der Waals surface area contributed by atoms with E-state index in [4.69, 9.17) is 4.74 Å². The number of methoxy groups -OCH3 is 1. The summed E-state index contributed by atoms with van der Waals surface area (Å²) in [5.74, 6) is 0. The number of aromatic nitrogens is 2. The molecule has 15 heavy (non-hydrogen) atoms. The SMILES string of the molecule is COCCNCC(C)(O)c1cncnc1. The summed E-state index contributed by atoms with van der Waals surface area (Å²) in [5, 5.41) is 13.2. The third-order valence-electron chi connectivity index (χ3n) is 2.13. The highest BCUT2D eigenvalue weighted by atomic mass is 16.5. The van der Waals surface area contributed by atoms with Crippen molar-refractivity contribution >= 4 is 0 Å². The van der Waals surface area contributed by atoms with Gasteiger partial charge in [0.15, 0.2) is 0 Å². The maximum atomic E-state index is 10.1. The zero-order valence-electron chi connectivity index (χ0n) is 9.10. The minimum atomic E-state index is -0.949. The second kappa shape index (κ2) is 5.75. The first-order valence-electron chi connectivity index (χ1n) is 4.84. The van der Waals surface area contributed by atoms with Crippen LogP contribution in [0, 0.1) is 0 Å². The molecule has 5 heteroatoms. The topological polar surface area (TPSA) is 67.3 Å². The number of nitrogens with one attached hydrogen (secondary N) is 1. The quantitative estimate of drug-likeness (QED) is 0.644. The number of hydrogen-bond acceptors (Lipinski definition) is 5. The fraction of sp³-hybridized carbons (Fsp3) is 0.600. The molecule has 0 spiro atoms. The van der Waals surface area contributed by atoms with Gasteiger partial charge in [0.25, 0.3) is 0 Å². The lowest BCUT2D eigenvalue weighted by molar-refractivity contribution is 0.0543. The van der Waals surface area contributed by atoms with Crippen molar-refractivity contribution in [2.24, 2.45) is 0 Å². The average Bonchev–Trinajstić information content (AvgIpc) is 2.26. The van der Waals surface area contributed by atoms with E-state index in [9.17, 15) is 5.11 Å². The lowest BCUT2D eigenvalue weighted by Gasteiger charge is -2.23. The van der Waals surface area contributed by atoms with Crippen molar-refractivity contribution in [3.05, 3.63) is 24.3 Å². The molecule has 5 nitrogen and oxygen atoms in total. The Morgan fingerprint density at radius 1 is 1.47 bits per heavy atom. The molecule has 1 aromatic heterocycles. The lowest BCUT2D eigenvalue weighted by Crippen LogP contribution is -2.37. The molecule has 1 aromatic rings. The summed E-state index contributed by atoms with van der Waals surface area (Å²) in [6.07, 6.45) is 4.67. The van der Waals surface area contributed by atoms with E-state index < -0.39 is 5.60 Å². The lowest BCUT2D eigenvalue weighted by atomic mass is 9.99. The molecular weight excluding hydrogens is 194 g/mol. The Hall–Kier alpha value is -1.04. The molecule has 1 rings (SSSR count). The second-order valence-corrected chi connectivity index (χ2v) is 3.57. The number of aliphatic hydroxyl groups is 1. The van der Waals surface area contributed by atoms with E-state index in [1.54, 1.807) is 26.4 Å². The number of nitrogens with zero attached hydrogens (tertiary/aromatic N) is 2. The van der Waals surface area contributed by atoms with Crippen LogP contribution in [0.2, 0.25) is 0 Å². The number of rotatable bonds is 6. The Balaban J connectivity index is 2.45. The normalized spacial score (nSPS) is 14.9. The molecule has 1 unspecified atom stereocenters. The third kappa shape index (κ3) is 3.91. The predicted octanol–water partition coefficient (Wildman–Crippen LogP) is -0.0799. The first-order valence-corrected chi connectivity index (χ1v) is 4.84. The second-order valence-electron chi connectivity index (χ2n) is 3.57. The van der Waals surface area contributed by atoms with Crippen LogP contribution in [-0.2, 0) is 10.3 Å². The van der Waals surface area contributed by atoms with E-state index in [-0.39, 0.29) is 0 Å². The van der Waals surface area contributed by atoms with Crippen LogP contribution in [0.15, 0.2) is 18.7 Å². The van der Waals surface area contributed by atoms with Crippen LogP contribution in [0.5, 0.6) is 0 Å². The molecule has 0 aromatic carbocycles. The summed E-state index contributed by atoms with van der Waals surface area (Å²) in [5.41, 5.74) is -0.246. The van der Waals surface area contributed by atoms with Crippen molar-refractivity contribution in [2.75, 3.05) is 26.8 Å². The van der Waals surface area contributed by atoms with E-state index in [0.29, 0.717) is 25.3 Å². The molecular formula is C10H17N3O2. The summed E-state index contributed by atoms with van der Waals surface area (Å²) in [4.78, 5) is 7.74. The predicted molar refractivity (Wildman–Crippen MR) is 56.3 cm³/mol. The molecule has 1 atom stereocenters. The summed E-state index contributed by atoms with van der Waals surface area (Å²) >= 11 is 0. The largest absolute Gasteiger partial charge is 0.384 e. The van der Waals surface area contributed by atoms with Gasteiger partial charge in [0.2, 0.25) is 0 Å². The standard InChI is InChI=1S/C10H17N3O2/c1-10(14,7-11-3-4-15-2)9-5-12-8-13-6-9/h5-6,8,11,14H,3-4,7H2,1-2H3. The molecule has 1 heterocycles. The Labute approximate surface area is 89.5 Å². The number of hydrogen-bond donors (Lipinski definition) is 2. The van der Waals surface area contributed by atoms with Gasteiger partial charge in [0, 0.05) is 38.2 Å². The van der Waals surface area contributed by atoms with Gasteiger partial charge in [-0.15, -0.1) is 0 Å². The van der Waals surface area contributed by atoms with E-state index in [1.807, 2.05) is 0 Å². The van der Waals surface area contributed by atoms with Crippen molar-refractivity contribution in [1.82, 2.24) is 15.3 Å². The van der Waals surface area contributed by atoms with E-state index in [1.165, 1.54) is 6.33 Å². The Morgan fingerprint density at radius 2 is 2.13 bits per heavy atom. The van der Waals surface area contributed by atoms with Gasteiger partial charge in [0.1, 0.15) is 11.9 Å². The highest BCUT2D eigenvalue weighted by molar-refractivity contribution is 5.13. The molecule has 0 fully saturated rings. The van der Waals surface area contributed by atoms with Gasteiger partial charge in [-0.3, -0.25) is 0 Å². The van der Waals surface area contributed by atoms with Gasteiger partial charge in [-0.1, -0.05) is 0 Å². The highest BCUT2D eigenvalue weighted by Gasteiger charge is 2.22. The van der Waals surface area contributed by atoms with Crippen LogP contribution in [0.4, 0.5) is 0 Å². The minimum absolute atomic E-state index is 0.448. The van der Waals surface area contributed by atoms with Crippen molar-refractivity contribution in [3.63, 3.8) is 0 Å². The van der Waals surface area contributed by atoms with Crippen molar-refractivity contribution in [3.8, 4) is 0 Å². The first-order chi connectivity index (χ1) is 7.17. The first kappa shape index (κ1) is 12.0. The van der Waals surface area contributed by atoms with E-state index in [0.717, 1.165) is 0 Å². The monoisotopic (exact) mass is 211 g/mol. The fourth-order valence-electron chi connectivity index (χ4n) is 1.19. The Morgan fingerprint density at radius 3 is 2.73 bits per heavy atom. The fourth-order valence-corrected chi connectivity index (χ4v) is 1.19. The van der Waals surface area contributed by atoms with Gasteiger partial charge >= 0.3 is 0 Å². The van der Waals surface area contributed by atoms with Gasteiger partial charge in [0.05, 0.1) is 6.61 Å². The molecule has 0 saturated heterocycles. The van der Waals surface area contributed by atoms with E-state index >= 15 is 0 Å². The summed E-state index contributed by atoms with van der Waals surface area (Å²) in [7, 11) is 1.64. The van der Waals surface area contributed by atoms with Crippen molar-refractivity contribution < 1.29 is 9.84 Å². The smallest absolute Gasteiger partial charge is 0.115 e. The maximum absolute atomic E-state index is 10.1. The molecule has 0 amide bonds. The van der Waals surface area contributed by atoms with Crippen molar-refractivity contribution in [2.45, 2.75) is 12.5 Å². The maximum Gasteiger partial charge on any atom is 0.115 e. The summed E-state index contributed by atoms with van der Waals surface area (Å²) < 4.78 is 4.89. The van der Waals surface area contributed by atoms with Gasteiger partial charge in [-0.05, 0) is 6.92 Å². The molecule has 0 radical (unpaired) electrons. The zero-order valence-corrected chi connectivity index (χ0v) is 9.10. The highest BCUT2D eigenvalue weighted by Crippen LogP contribution is 2.16. The van der Waals surface area contributed by atoms with Crippen LogP contribution in [0.1, 0.15) is 12.5 Å². The average molecular weight is 211 g/mol. The van der Waals surface area contributed by atoms with Crippen LogP contribution >= 0.6 is 0 Å².